The summed E-state index contributed by atoms with van der Waals surface area (Å²) in [4.78, 5) is 0. The van der Waals surface area contributed by atoms with Crippen molar-refractivity contribution < 1.29 is 13.2 Å². The molecule has 1 N–H and O–H groups in total. The highest BCUT2D eigenvalue weighted by atomic mass is 35.5. The Morgan fingerprint density at radius 1 is 1.12 bits per heavy atom. The van der Waals surface area contributed by atoms with Crippen LogP contribution in [0.3, 0.4) is 0 Å². The van der Waals surface area contributed by atoms with Crippen LogP contribution in [-0.4, -0.2) is 30.9 Å². The van der Waals surface area contributed by atoms with Gasteiger partial charge in [-0.1, -0.05) is 41.4 Å². The van der Waals surface area contributed by atoms with E-state index in [-0.39, 0.29) is 15.6 Å². The van der Waals surface area contributed by atoms with Gasteiger partial charge in [0.1, 0.15) is 5.15 Å². The molecule has 32 heavy (non-hydrogen) atoms. The molecule has 2 heterocycles. The maximum absolute atomic E-state index is 13.1. The summed E-state index contributed by atoms with van der Waals surface area (Å²) in [6.07, 6.45) is -3.07. The zero-order chi connectivity index (χ0) is 23.0. The lowest BCUT2D eigenvalue weighted by Gasteiger charge is -2.09. The van der Waals surface area contributed by atoms with Gasteiger partial charge < -0.3 is 0 Å². The van der Waals surface area contributed by atoms with Crippen molar-refractivity contribution in [3.63, 3.8) is 0 Å². The molecule has 0 radical (unpaired) electrons. The van der Waals surface area contributed by atoms with Gasteiger partial charge in [-0.15, -0.1) is 0 Å². The van der Waals surface area contributed by atoms with Crippen LogP contribution in [0.25, 0.3) is 17.1 Å². The Morgan fingerprint density at radius 3 is 2.59 bits per heavy atom. The number of nitrogens with one attached hydrogen (secondary N) is 1. The molecule has 2 aromatic heterocycles. The molecule has 0 bridgehead atoms. The largest absolute Gasteiger partial charge is 0.416 e. The van der Waals surface area contributed by atoms with E-state index in [1.807, 2.05) is 0 Å². The van der Waals surface area contributed by atoms with Crippen molar-refractivity contribution in [2.24, 2.45) is 5.10 Å². The van der Waals surface area contributed by atoms with Crippen molar-refractivity contribution >= 4 is 41.6 Å². The standard InChI is InChI=1S/C20H13Cl2F3N6S/c1-11-15(17(22)30(29-11)13-6-4-5-12(9-13)20(23,24)25)10-26-31-18(27-28-19(31)32)14-7-2-3-8-16(14)21/h2-10H,1H3,(H,28,32). The van der Waals surface area contributed by atoms with Gasteiger partial charge in [-0.2, -0.15) is 33.1 Å². The molecule has 0 fully saturated rings. The summed E-state index contributed by atoms with van der Waals surface area (Å²) in [5.74, 6) is 0.385. The smallest absolute Gasteiger partial charge is 0.250 e. The van der Waals surface area contributed by atoms with Crippen LogP contribution in [0.2, 0.25) is 10.2 Å². The lowest BCUT2D eigenvalue weighted by molar-refractivity contribution is -0.137. The van der Waals surface area contributed by atoms with E-state index >= 15 is 0 Å². The van der Waals surface area contributed by atoms with Gasteiger partial charge in [0.2, 0.25) is 4.77 Å². The first-order valence-corrected chi connectivity index (χ1v) is 10.2. The van der Waals surface area contributed by atoms with Gasteiger partial charge in [0.05, 0.1) is 33.7 Å². The Balaban J connectivity index is 1.74. The average Bonchev–Trinajstić information content (AvgIpc) is 3.25. The van der Waals surface area contributed by atoms with Crippen LogP contribution in [-0.2, 0) is 6.18 Å². The second-order valence-corrected chi connectivity index (χ2v) is 7.79. The number of H-pyrrole nitrogens is 1. The maximum Gasteiger partial charge on any atom is 0.416 e. The van der Waals surface area contributed by atoms with Crippen LogP contribution in [0.15, 0.2) is 53.6 Å². The highest BCUT2D eigenvalue weighted by Gasteiger charge is 2.30. The van der Waals surface area contributed by atoms with Gasteiger partial charge in [-0.3, -0.25) is 0 Å². The predicted octanol–water partition coefficient (Wildman–Crippen LogP) is 6.31. The number of nitrogens with zero attached hydrogens (tertiary/aromatic N) is 5. The molecule has 0 amide bonds. The van der Waals surface area contributed by atoms with E-state index in [9.17, 15) is 13.2 Å². The molecule has 0 aliphatic rings. The Morgan fingerprint density at radius 2 is 1.88 bits per heavy atom. The van der Waals surface area contributed by atoms with Gasteiger partial charge in [0, 0.05) is 5.56 Å². The van der Waals surface area contributed by atoms with Crippen LogP contribution < -0.4 is 0 Å². The average molecular weight is 497 g/mol. The van der Waals surface area contributed by atoms with Crippen LogP contribution >= 0.6 is 35.4 Å². The number of benzene rings is 2. The highest BCUT2D eigenvalue weighted by Crippen LogP contribution is 2.31. The molecular weight excluding hydrogens is 484 g/mol. The summed E-state index contributed by atoms with van der Waals surface area (Å²) < 4.78 is 42.0. The third kappa shape index (κ3) is 4.21. The molecule has 12 heteroatoms. The van der Waals surface area contributed by atoms with Crippen LogP contribution in [0.5, 0.6) is 0 Å². The summed E-state index contributed by atoms with van der Waals surface area (Å²) in [7, 11) is 0. The van der Waals surface area contributed by atoms with E-state index in [2.05, 4.69) is 20.4 Å². The lowest BCUT2D eigenvalue weighted by Crippen LogP contribution is -2.06. The van der Waals surface area contributed by atoms with E-state index in [1.54, 1.807) is 31.2 Å². The van der Waals surface area contributed by atoms with E-state index in [0.717, 1.165) is 12.1 Å². The summed E-state index contributed by atoms with van der Waals surface area (Å²) in [6, 6.07) is 11.8. The molecule has 0 aliphatic carbocycles. The van der Waals surface area contributed by atoms with Crippen molar-refractivity contribution in [3.8, 4) is 17.1 Å². The molecule has 164 valence electrons. The zero-order valence-electron chi connectivity index (χ0n) is 16.2. The van der Waals surface area contributed by atoms with Crippen molar-refractivity contribution in [1.82, 2.24) is 24.7 Å². The number of aromatic nitrogens is 5. The van der Waals surface area contributed by atoms with Crippen molar-refractivity contribution in [2.45, 2.75) is 13.1 Å². The van der Waals surface area contributed by atoms with Gasteiger partial charge in [-0.25, -0.2) is 9.78 Å². The Bertz CT molecular complexity index is 1390. The third-order valence-electron chi connectivity index (χ3n) is 4.53. The lowest BCUT2D eigenvalue weighted by atomic mass is 10.2. The van der Waals surface area contributed by atoms with Crippen molar-refractivity contribution in [3.05, 3.63) is 80.3 Å². The Labute approximate surface area is 194 Å². The molecule has 0 atom stereocenters. The number of aryl methyl sites for hydroxylation is 1. The van der Waals surface area contributed by atoms with Crippen molar-refractivity contribution in [2.75, 3.05) is 0 Å². The monoisotopic (exact) mass is 496 g/mol. The minimum absolute atomic E-state index is 0.0971. The van der Waals surface area contributed by atoms with E-state index in [1.165, 1.54) is 27.7 Å². The Kier molecular flexibility index (Phi) is 5.93. The summed E-state index contributed by atoms with van der Waals surface area (Å²) in [5.41, 5.74) is 0.858. The number of rotatable bonds is 4. The molecule has 0 saturated heterocycles. The molecule has 6 nitrogen and oxygen atoms in total. The molecule has 0 unspecified atom stereocenters. The summed E-state index contributed by atoms with van der Waals surface area (Å²) in [5, 5.41) is 16.0. The maximum atomic E-state index is 13.1. The number of hydrogen-bond acceptors (Lipinski definition) is 4. The predicted molar refractivity (Wildman–Crippen MR) is 119 cm³/mol. The van der Waals surface area contributed by atoms with Crippen LogP contribution in [0, 0.1) is 11.7 Å². The molecule has 4 rings (SSSR count). The summed E-state index contributed by atoms with van der Waals surface area (Å²) >= 11 is 18.0. The molecule has 0 aliphatic heterocycles. The molecule has 2 aromatic carbocycles. The Hall–Kier alpha value is -2.95. The minimum atomic E-state index is -4.48. The fourth-order valence-corrected chi connectivity index (χ4v) is 3.69. The molecular formula is C20H13Cl2F3N6S. The summed E-state index contributed by atoms with van der Waals surface area (Å²) in [6.45, 7) is 1.67. The SMILES string of the molecule is Cc1nn(-c2cccc(C(F)(F)F)c2)c(Cl)c1C=Nn1c(-c2ccccc2Cl)n[nH]c1=S. The number of halogens is 5. The normalized spacial score (nSPS) is 12.1. The van der Waals surface area contributed by atoms with Gasteiger partial charge >= 0.3 is 6.18 Å². The molecule has 0 saturated carbocycles. The first kappa shape index (κ1) is 22.3. The van der Waals surface area contributed by atoms with Crippen LogP contribution in [0.4, 0.5) is 13.2 Å². The first-order valence-electron chi connectivity index (χ1n) is 9.06. The van der Waals surface area contributed by atoms with Gasteiger partial charge in [0.25, 0.3) is 0 Å². The van der Waals surface area contributed by atoms with E-state index < -0.39 is 11.7 Å². The topological polar surface area (TPSA) is 63.8 Å². The number of aromatic amines is 1. The van der Waals surface area contributed by atoms with Gasteiger partial charge in [-0.05, 0) is 49.5 Å². The quantitative estimate of drug-likeness (QED) is 0.266. The first-order chi connectivity index (χ1) is 15.2. The van der Waals surface area contributed by atoms with Crippen LogP contribution in [0.1, 0.15) is 16.8 Å². The minimum Gasteiger partial charge on any atom is -0.250 e. The fourth-order valence-electron chi connectivity index (χ4n) is 2.97. The van der Waals surface area contributed by atoms with Gasteiger partial charge in [0.15, 0.2) is 5.82 Å². The highest BCUT2D eigenvalue weighted by molar-refractivity contribution is 7.71. The zero-order valence-corrected chi connectivity index (χ0v) is 18.6. The van der Waals surface area contributed by atoms with E-state index in [4.69, 9.17) is 35.4 Å². The second-order valence-electron chi connectivity index (χ2n) is 6.64. The number of alkyl halides is 3. The molecule has 4 aromatic rings. The third-order valence-corrected chi connectivity index (χ3v) is 5.49. The molecule has 0 spiro atoms. The second kappa shape index (κ2) is 8.53. The van der Waals surface area contributed by atoms with E-state index in [0.29, 0.717) is 27.7 Å². The fraction of sp³-hybridized carbons (Fsp3) is 0.100. The number of hydrogen-bond donors (Lipinski definition) is 1. The van der Waals surface area contributed by atoms with Crippen molar-refractivity contribution in [1.29, 1.82) is 0 Å².